The van der Waals surface area contributed by atoms with Gasteiger partial charge in [-0.3, -0.25) is 10.0 Å². The standard InChI is InChI=1S/C12H12Cl2N2O5/c13-8-2-1-7(5-9(8)14)6-12(20-3-4-21-12)10(15-18)11(17)16-19/h1-2,5,18-19H,3-4,6H2,(H,16,17). The van der Waals surface area contributed by atoms with Gasteiger partial charge in [0.15, 0.2) is 0 Å². The lowest BCUT2D eigenvalue weighted by Crippen LogP contribution is -2.49. The molecule has 0 saturated carbocycles. The third-order valence-corrected chi connectivity index (χ3v) is 3.69. The van der Waals surface area contributed by atoms with Crippen molar-refractivity contribution in [1.29, 1.82) is 0 Å². The van der Waals surface area contributed by atoms with Crippen LogP contribution < -0.4 is 5.48 Å². The highest BCUT2D eigenvalue weighted by Gasteiger charge is 2.46. The zero-order valence-electron chi connectivity index (χ0n) is 10.7. The molecule has 1 aromatic carbocycles. The topological polar surface area (TPSA) is 100 Å². The Morgan fingerprint density at radius 1 is 1.33 bits per heavy atom. The molecule has 0 unspecified atom stereocenters. The van der Waals surface area contributed by atoms with Crippen LogP contribution in [0.5, 0.6) is 0 Å². The summed E-state index contributed by atoms with van der Waals surface area (Å²) in [5.74, 6) is -2.63. The molecule has 21 heavy (non-hydrogen) atoms. The molecule has 1 aliphatic heterocycles. The molecule has 7 nitrogen and oxygen atoms in total. The molecular weight excluding hydrogens is 323 g/mol. The lowest BCUT2D eigenvalue weighted by Gasteiger charge is -2.26. The number of carbonyl (C=O) groups excluding carboxylic acids is 1. The molecule has 0 radical (unpaired) electrons. The average molecular weight is 335 g/mol. The summed E-state index contributed by atoms with van der Waals surface area (Å²) in [5, 5.41) is 21.4. The molecule has 2 rings (SSSR count). The van der Waals surface area contributed by atoms with Crippen molar-refractivity contribution in [2.75, 3.05) is 13.2 Å². The quantitative estimate of drug-likeness (QED) is 0.336. The Morgan fingerprint density at radius 3 is 2.52 bits per heavy atom. The van der Waals surface area contributed by atoms with E-state index in [1.807, 2.05) is 0 Å². The van der Waals surface area contributed by atoms with Gasteiger partial charge in [0.25, 0.3) is 5.91 Å². The number of rotatable bonds is 4. The molecule has 0 aromatic heterocycles. The number of halogens is 2. The van der Waals surface area contributed by atoms with Crippen LogP contribution in [-0.4, -0.2) is 41.0 Å². The fourth-order valence-electron chi connectivity index (χ4n) is 2.04. The Kier molecular flexibility index (Phi) is 5.02. The first-order valence-electron chi connectivity index (χ1n) is 5.91. The van der Waals surface area contributed by atoms with Gasteiger partial charge in [-0.25, -0.2) is 5.48 Å². The first-order chi connectivity index (χ1) is 10.0. The van der Waals surface area contributed by atoms with Crippen molar-refractivity contribution in [3.63, 3.8) is 0 Å². The number of oxime groups is 1. The Hall–Kier alpha value is -1.38. The predicted octanol–water partition coefficient (Wildman–Crippen LogP) is 1.61. The van der Waals surface area contributed by atoms with Gasteiger partial charge >= 0.3 is 0 Å². The first kappa shape index (κ1) is 16.0. The summed E-state index contributed by atoms with van der Waals surface area (Å²) in [7, 11) is 0. The van der Waals surface area contributed by atoms with Crippen LogP contribution in [0.2, 0.25) is 10.0 Å². The van der Waals surface area contributed by atoms with Gasteiger partial charge in [-0.1, -0.05) is 34.4 Å². The highest BCUT2D eigenvalue weighted by molar-refractivity contribution is 6.42. The number of ether oxygens (including phenoxy) is 2. The molecule has 1 fully saturated rings. The summed E-state index contributed by atoms with van der Waals surface area (Å²) >= 11 is 11.8. The van der Waals surface area contributed by atoms with Crippen LogP contribution in [0.4, 0.5) is 0 Å². The van der Waals surface area contributed by atoms with Gasteiger partial charge in [0.1, 0.15) is 0 Å². The van der Waals surface area contributed by atoms with Gasteiger partial charge in [0.05, 0.1) is 23.3 Å². The maximum absolute atomic E-state index is 11.6. The summed E-state index contributed by atoms with van der Waals surface area (Å²) < 4.78 is 10.9. The normalized spacial score (nSPS) is 17.8. The lowest BCUT2D eigenvalue weighted by molar-refractivity contribution is -0.130. The van der Waals surface area contributed by atoms with Crippen molar-refractivity contribution in [3.8, 4) is 0 Å². The largest absolute Gasteiger partial charge is 0.410 e. The predicted molar refractivity (Wildman–Crippen MR) is 74.0 cm³/mol. The van der Waals surface area contributed by atoms with E-state index < -0.39 is 17.4 Å². The van der Waals surface area contributed by atoms with Crippen molar-refractivity contribution < 1.29 is 24.7 Å². The number of benzene rings is 1. The van der Waals surface area contributed by atoms with Crippen molar-refractivity contribution in [1.82, 2.24) is 5.48 Å². The highest BCUT2D eigenvalue weighted by atomic mass is 35.5. The molecule has 9 heteroatoms. The van der Waals surface area contributed by atoms with Crippen LogP contribution >= 0.6 is 23.2 Å². The molecule has 1 heterocycles. The third kappa shape index (κ3) is 3.28. The Bertz CT molecular complexity index is 573. The average Bonchev–Trinajstić information content (AvgIpc) is 2.92. The van der Waals surface area contributed by atoms with Crippen LogP contribution in [0.15, 0.2) is 23.4 Å². The Labute approximate surface area is 130 Å². The van der Waals surface area contributed by atoms with Crippen molar-refractivity contribution in [2.45, 2.75) is 12.2 Å². The van der Waals surface area contributed by atoms with Gasteiger partial charge in [0, 0.05) is 6.42 Å². The Balaban J connectivity index is 2.34. The van der Waals surface area contributed by atoms with E-state index in [1.54, 1.807) is 18.2 Å². The lowest BCUT2D eigenvalue weighted by atomic mass is 10.00. The summed E-state index contributed by atoms with van der Waals surface area (Å²) in [4.78, 5) is 11.6. The second kappa shape index (κ2) is 6.59. The SMILES string of the molecule is O=C(NO)C(=NO)C1(Cc2ccc(Cl)c(Cl)c2)OCCO1. The minimum atomic E-state index is -1.60. The van der Waals surface area contributed by atoms with Crippen LogP contribution in [-0.2, 0) is 20.7 Å². The number of hydrogen-bond acceptors (Lipinski definition) is 6. The van der Waals surface area contributed by atoms with E-state index in [0.29, 0.717) is 15.6 Å². The fraction of sp³-hybridized carbons (Fsp3) is 0.333. The van der Waals surface area contributed by atoms with Gasteiger partial charge < -0.3 is 14.7 Å². The summed E-state index contributed by atoms with van der Waals surface area (Å²) in [6.45, 7) is 0.415. The maximum atomic E-state index is 11.6. The van der Waals surface area contributed by atoms with Crippen LogP contribution in [0, 0.1) is 0 Å². The van der Waals surface area contributed by atoms with Crippen LogP contribution in [0.3, 0.4) is 0 Å². The number of amides is 1. The monoisotopic (exact) mass is 334 g/mol. The first-order valence-corrected chi connectivity index (χ1v) is 6.67. The van der Waals surface area contributed by atoms with Gasteiger partial charge in [-0.2, -0.15) is 0 Å². The number of nitrogens with zero attached hydrogens (tertiary/aromatic N) is 1. The smallest absolute Gasteiger partial charge is 0.298 e. The number of nitrogens with one attached hydrogen (secondary N) is 1. The maximum Gasteiger partial charge on any atom is 0.298 e. The molecule has 0 aliphatic carbocycles. The molecule has 1 aromatic rings. The summed E-state index contributed by atoms with van der Waals surface area (Å²) in [6.07, 6.45) is 0.0523. The number of carbonyl (C=O) groups is 1. The second-order valence-corrected chi connectivity index (χ2v) is 5.08. The fourth-order valence-corrected chi connectivity index (χ4v) is 2.36. The van der Waals surface area contributed by atoms with Crippen molar-refractivity contribution >= 4 is 34.8 Å². The molecule has 0 bridgehead atoms. The highest BCUT2D eigenvalue weighted by Crippen LogP contribution is 2.29. The van der Waals surface area contributed by atoms with Gasteiger partial charge in [-0.05, 0) is 17.7 Å². The summed E-state index contributed by atoms with van der Waals surface area (Å²) in [5.41, 5.74) is 1.55. The van der Waals surface area contributed by atoms with Crippen LogP contribution in [0.25, 0.3) is 0 Å². The minimum absolute atomic E-state index is 0.0523. The van der Waals surface area contributed by atoms with Crippen molar-refractivity contribution in [2.24, 2.45) is 5.16 Å². The molecule has 1 saturated heterocycles. The molecule has 3 N–H and O–H groups in total. The van der Waals surface area contributed by atoms with E-state index in [-0.39, 0.29) is 19.6 Å². The third-order valence-electron chi connectivity index (χ3n) is 2.95. The van der Waals surface area contributed by atoms with E-state index in [4.69, 9.17) is 43.1 Å². The van der Waals surface area contributed by atoms with E-state index >= 15 is 0 Å². The second-order valence-electron chi connectivity index (χ2n) is 4.26. The van der Waals surface area contributed by atoms with Gasteiger partial charge in [0.2, 0.25) is 11.5 Å². The number of hydrogen-bond donors (Lipinski definition) is 3. The molecular formula is C12H12Cl2N2O5. The van der Waals surface area contributed by atoms with E-state index in [0.717, 1.165) is 0 Å². The molecule has 1 aliphatic rings. The zero-order chi connectivity index (χ0) is 15.5. The molecule has 0 atom stereocenters. The Morgan fingerprint density at radius 2 is 2.00 bits per heavy atom. The minimum Gasteiger partial charge on any atom is -0.410 e. The molecule has 0 spiro atoms. The van der Waals surface area contributed by atoms with Crippen LogP contribution in [0.1, 0.15) is 5.56 Å². The molecule has 1 amide bonds. The number of hydroxylamine groups is 1. The molecule has 114 valence electrons. The van der Waals surface area contributed by atoms with Crippen molar-refractivity contribution in [3.05, 3.63) is 33.8 Å². The summed E-state index contributed by atoms with van der Waals surface area (Å²) in [6, 6.07) is 4.85. The van der Waals surface area contributed by atoms with E-state index in [1.165, 1.54) is 5.48 Å². The van der Waals surface area contributed by atoms with Gasteiger partial charge in [-0.15, -0.1) is 0 Å². The van der Waals surface area contributed by atoms with E-state index in [9.17, 15) is 4.79 Å². The zero-order valence-corrected chi connectivity index (χ0v) is 12.2. The van der Waals surface area contributed by atoms with E-state index in [2.05, 4.69) is 5.16 Å².